The third kappa shape index (κ3) is 4.53. The molecule has 1 aliphatic rings. The van der Waals surface area contributed by atoms with Gasteiger partial charge < -0.3 is 14.2 Å². The van der Waals surface area contributed by atoms with Crippen LogP contribution in [0.2, 0.25) is 0 Å². The van der Waals surface area contributed by atoms with Crippen molar-refractivity contribution >= 4 is 5.91 Å². The third-order valence-electron chi connectivity index (χ3n) is 5.38. The van der Waals surface area contributed by atoms with Gasteiger partial charge in [0, 0.05) is 25.2 Å². The molecule has 1 saturated heterocycles. The predicted molar refractivity (Wildman–Crippen MR) is 110 cm³/mol. The highest BCUT2D eigenvalue weighted by Crippen LogP contribution is 2.31. The predicted octanol–water partition coefficient (Wildman–Crippen LogP) is 3.52. The van der Waals surface area contributed by atoms with Gasteiger partial charge in [-0.3, -0.25) is 9.48 Å². The van der Waals surface area contributed by atoms with E-state index in [1.807, 2.05) is 60.7 Å². The second-order valence-electron chi connectivity index (χ2n) is 7.79. The molecule has 1 fully saturated rings. The lowest BCUT2D eigenvalue weighted by atomic mass is 10.2. The maximum absolute atomic E-state index is 12.8. The molecule has 1 aromatic carbocycles. The highest BCUT2D eigenvalue weighted by Gasteiger charge is 2.33. The van der Waals surface area contributed by atoms with E-state index in [0.717, 1.165) is 30.0 Å². The zero-order valence-corrected chi connectivity index (χ0v) is 17.7. The van der Waals surface area contributed by atoms with Crippen LogP contribution in [0.3, 0.4) is 0 Å². The first-order chi connectivity index (χ1) is 14.5. The number of carbonyl (C=O) groups excluding carboxylic acids is 1. The van der Waals surface area contributed by atoms with E-state index < -0.39 is 0 Å². The number of hydrogen-bond donors (Lipinski definition) is 0. The number of likely N-dealkylation sites (tertiary alicyclic amines) is 1. The van der Waals surface area contributed by atoms with Crippen LogP contribution < -0.4 is 4.74 Å². The van der Waals surface area contributed by atoms with E-state index in [2.05, 4.69) is 15.2 Å². The molecule has 1 unspecified atom stereocenters. The number of aromatic nitrogens is 4. The summed E-state index contributed by atoms with van der Waals surface area (Å²) in [5, 5.41) is 8.55. The van der Waals surface area contributed by atoms with Crippen molar-refractivity contribution in [2.45, 2.75) is 59.2 Å². The molecule has 0 aliphatic carbocycles. The summed E-state index contributed by atoms with van der Waals surface area (Å²) in [6.45, 7) is 7.48. The first-order valence-electron chi connectivity index (χ1n) is 10.3. The number of hydrogen-bond acceptors (Lipinski definition) is 6. The molecule has 1 aliphatic heterocycles. The van der Waals surface area contributed by atoms with Gasteiger partial charge in [0.25, 0.3) is 5.89 Å². The van der Waals surface area contributed by atoms with Crippen molar-refractivity contribution in [3.8, 4) is 5.75 Å². The summed E-state index contributed by atoms with van der Waals surface area (Å²) in [5.74, 6) is 1.80. The van der Waals surface area contributed by atoms with Crippen molar-refractivity contribution in [1.29, 1.82) is 0 Å². The summed E-state index contributed by atoms with van der Waals surface area (Å²) in [7, 11) is 0. The molecule has 158 valence electrons. The lowest BCUT2D eigenvalue weighted by Gasteiger charge is -2.22. The van der Waals surface area contributed by atoms with Gasteiger partial charge in [-0.15, -0.1) is 0 Å². The van der Waals surface area contributed by atoms with Crippen LogP contribution in [0.1, 0.15) is 54.0 Å². The Morgan fingerprint density at radius 1 is 1.23 bits per heavy atom. The summed E-state index contributed by atoms with van der Waals surface area (Å²) in [4.78, 5) is 19.2. The fourth-order valence-corrected chi connectivity index (χ4v) is 3.82. The van der Waals surface area contributed by atoms with Crippen LogP contribution in [0.5, 0.6) is 5.75 Å². The minimum Gasteiger partial charge on any atom is -0.484 e. The van der Waals surface area contributed by atoms with Crippen molar-refractivity contribution in [1.82, 2.24) is 24.8 Å². The Bertz CT molecular complexity index is 1010. The molecular formula is C22H27N5O3. The Hall–Kier alpha value is -3.16. The van der Waals surface area contributed by atoms with Crippen LogP contribution in [0.15, 0.2) is 34.9 Å². The smallest absolute Gasteiger partial charge is 0.264 e. The molecule has 1 amide bonds. The lowest BCUT2D eigenvalue weighted by molar-refractivity contribution is -0.132. The van der Waals surface area contributed by atoms with Crippen LogP contribution in [-0.4, -0.2) is 37.3 Å². The van der Waals surface area contributed by atoms with E-state index in [4.69, 9.17) is 9.26 Å². The molecular weight excluding hydrogens is 382 g/mol. The standard InChI is InChI=1S/C22H27N5O3/c1-15-6-8-18(9-7-15)29-14-20-23-22(25-30-20)19-5-4-11-26(19)21(28)10-12-27-17(3)13-16(2)24-27/h6-9,13,19H,4-5,10-12,14H2,1-3H3. The maximum Gasteiger partial charge on any atom is 0.264 e. The average Bonchev–Trinajstić information content (AvgIpc) is 3.45. The number of amides is 1. The summed E-state index contributed by atoms with van der Waals surface area (Å²) in [6, 6.07) is 9.67. The molecule has 0 saturated carbocycles. The molecule has 4 rings (SSSR count). The second-order valence-corrected chi connectivity index (χ2v) is 7.79. The SMILES string of the molecule is Cc1ccc(OCc2nc(C3CCCN3C(=O)CCn3nc(C)cc3C)no2)cc1. The average molecular weight is 409 g/mol. The van der Waals surface area contributed by atoms with Gasteiger partial charge in [0.1, 0.15) is 5.75 Å². The molecule has 0 bridgehead atoms. The highest BCUT2D eigenvalue weighted by atomic mass is 16.5. The van der Waals surface area contributed by atoms with Crippen molar-refractivity contribution in [3.05, 3.63) is 59.0 Å². The molecule has 3 heterocycles. The van der Waals surface area contributed by atoms with Crippen LogP contribution in [0.25, 0.3) is 0 Å². The monoisotopic (exact) mass is 409 g/mol. The Balaban J connectivity index is 1.35. The van der Waals surface area contributed by atoms with E-state index in [1.165, 1.54) is 5.56 Å². The molecule has 0 spiro atoms. The van der Waals surface area contributed by atoms with Gasteiger partial charge in [-0.2, -0.15) is 10.1 Å². The topological polar surface area (TPSA) is 86.3 Å². The largest absolute Gasteiger partial charge is 0.484 e. The molecule has 8 heteroatoms. The Labute approximate surface area is 175 Å². The fraction of sp³-hybridized carbons (Fsp3) is 0.455. The van der Waals surface area contributed by atoms with Crippen LogP contribution in [0.4, 0.5) is 0 Å². The minimum absolute atomic E-state index is 0.0901. The van der Waals surface area contributed by atoms with Gasteiger partial charge in [-0.05, 0) is 51.8 Å². The molecule has 2 aromatic heterocycles. The van der Waals surface area contributed by atoms with Gasteiger partial charge in [-0.25, -0.2) is 0 Å². The van der Waals surface area contributed by atoms with E-state index in [0.29, 0.717) is 31.2 Å². The van der Waals surface area contributed by atoms with Crippen LogP contribution >= 0.6 is 0 Å². The number of nitrogens with zero attached hydrogens (tertiary/aromatic N) is 5. The van der Waals surface area contributed by atoms with E-state index >= 15 is 0 Å². The van der Waals surface area contributed by atoms with Crippen molar-refractivity contribution < 1.29 is 14.1 Å². The summed E-state index contributed by atoms with van der Waals surface area (Å²) < 4.78 is 13.0. The van der Waals surface area contributed by atoms with Gasteiger partial charge in [0.15, 0.2) is 12.4 Å². The molecule has 0 N–H and O–H groups in total. The Morgan fingerprint density at radius 3 is 2.77 bits per heavy atom. The molecule has 3 aromatic rings. The van der Waals surface area contributed by atoms with Crippen molar-refractivity contribution in [3.63, 3.8) is 0 Å². The zero-order chi connectivity index (χ0) is 21.1. The first-order valence-corrected chi connectivity index (χ1v) is 10.3. The lowest BCUT2D eigenvalue weighted by Crippen LogP contribution is -2.31. The van der Waals surface area contributed by atoms with Crippen molar-refractivity contribution in [2.24, 2.45) is 0 Å². The molecule has 30 heavy (non-hydrogen) atoms. The Morgan fingerprint density at radius 2 is 2.03 bits per heavy atom. The number of benzene rings is 1. The molecule has 1 atom stereocenters. The van der Waals surface area contributed by atoms with E-state index in [9.17, 15) is 4.79 Å². The number of aryl methyl sites for hydroxylation is 4. The number of rotatable bonds is 7. The van der Waals surface area contributed by atoms with Gasteiger partial charge in [-0.1, -0.05) is 22.9 Å². The third-order valence-corrected chi connectivity index (χ3v) is 5.38. The van der Waals surface area contributed by atoms with Gasteiger partial charge >= 0.3 is 0 Å². The van der Waals surface area contributed by atoms with Gasteiger partial charge in [0.2, 0.25) is 5.91 Å². The normalized spacial score (nSPS) is 16.2. The fourth-order valence-electron chi connectivity index (χ4n) is 3.82. The summed E-state index contributed by atoms with van der Waals surface area (Å²) >= 11 is 0. The highest BCUT2D eigenvalue weighted by molar-refractivity contribution is 5.76. The Kier molecular flexibility index (Phi) is 5.83. The van der Waals surface area contributed by atoms with Crippen molar-refractivity contribution in [2.75, 3.05) is 6.54 Å². The summed E-state index contributed by atoms with van der Waals surface area (Å²) in [6.07, 6.45) is 2.17. The quantitative estimate of drug-likeness (QED) is 0.593. The van der Waals surface area contributed by atoms with Crippen LogP contribution in [-0.2, 0) is 17.9 Å². The summed E-state index contributed by atoms with van der Waals surface area (Å²) in [5.41, 5.74) is 3.20. The molecule has 8 nitrogen and oxygen atoms in total. The second kappa shape index (κ2) is 8.69. The molecule has 0 radical (unpaired) electrons. The van der Waals surface area contributed by atoms with E-state index in [-0.39, 0.29) is 18.6 Å². The zero-order valence-electron chi connectivity index (χ0n) is 17.7. The van der Waals surface area contributed by atoms with Gasteiger partial charge in [0.05, 0.1) is 11.7 Å². The van der Waals surface area contributed by atoms with Crippen LogP contribution in [0, 0.1) is 20.8 Å². The number of ether oxygens (including phenoxy) is 1. The maximum atomic E-state index is 12.8. The van der Waals surface area contributed by atoms with E-state index in [1.54, 1.807) is 0 Å². The first kappa shape index (κ1) is 20.1. The minimum atomic E-state index is -0.144. The number of carbonyl (C=O) groups is 1.